The van der Waals surface area contributed by atoms with Crippen molar-refractivity contribution in [2.24, 2.45) is 0 Å². The second kappa shape index (κ2) is 8.66. The SMILES string of the molecule is CS(=O)(=O)N1CCCC(NC(=O)CCNS(=O)(=O)c2cccc(Cl)c2)C1. The van der Waals surface area contributed by atoms with Gasteiger partial charge in [0.2, 0.25) is 26.0 Å². The zero-order valence-corrected chi connectivity index (χ0v) is 16.7. The molecule has 1 aromatic carbocycles. The fraction of sp³-hybridized carbons (Fsp3) is 0.533. The van der Waals surface area contributed by atoms with Crippen LogP contribution in [0.4, 0.5) is 0 Å². The van der Waals surface area contributed by atoms with E-state index in [9.17, 15) is 21.6 Å². The van der Waals surface area contributed by atoms with Gasteiger partial charge in [-0.3, -0.25) is 4.79 Å². The average Bonchev–Trinajstić information content (AvgIpc) is 2.54. The van der Waals surface area contributed by atoms with E-state index in [1.807, 2.05) is 0 Å². The Kier molecular flexibility index (Phi) is 7.03. The van der Waals surface area contributed by atoms with Gasteiger partial charge in [0.05, 0.1) is 11.2 Å². The number of rotatable bonds is 7. The largest absolute Gasteiger partial charge is 0.352 e. The fourth-order valence-electron chi connectivity index (χ4n) is 2.68. The molecule has 11 heteroatoms. The van der Waals surface area contributed by atoms with Crippen molar-refractivity contribution in [3.63, 3.8) is 0 Å². The van der Waals surface area contributed by atoms with E-state index in [1.54, 1.807) is 6.07 Å². The molecular weight excluding hydrogens is 402 g/mol. The first kappa shape index (κ1) is 21.1. The zero-order valence-electron chi connectivity index (χ0n) is 14.3. The highest BCUT2D eigenvalue weighted by molar-refractivity contribution is 7.89. The number of nitrogens with one attached hydrogen (secondary N) is 2. The van der Waals surface area contributed by atoms with Gasteiger partial charge in [0.1, 0.15) is 0 Å². The van der Waals surface area contributed by atoms with E-state index in [0.717, 1.165) is 6.26 Å². The minimum Gasteiger partial charge on any atom is -0.352 e. The highest BCUT2D eigenvalue weighted by Crippen LogP contribution is 2.15. The van der Waals surface area contributed by atoms with Gasteiger partial charge in [-0.15, -0.1) is 0 Å². The third kappa shape index (κ3) is 6.20. The highest BCUT2D eigenvalue weighted by Gasteiger charge is 2.26. The molecule has 2 N–H and O–H groups in total. The first-order chi connectivity index (χ1) is 12.1. The Bertz CT molecular complexity index is 858. The van der Waals surface area contributed by atoms with Crippen molar-refractivity contribution in [1.29, 1.82) is 0 Å². The summed E-state index contributed by atoms with van der Waals surface area (Å²) in [6.07, 6.45) is 2.45. The van der Waals surface area contributed by atoms with E-state index in [0.29, 0.717) is 24.4 Å². The van der Waals surface area contributed by atoms with Crippen molar-refractivity contribution in [3.8, 4) is 0 Å². The number of hydrogen-bond acceptors (Lipinski definition) is 5. The van der Waals surface area contributed by atoms with Crippen LogP contribution in [0.15, 0.2) is 29.2 Å². The van der Waals surface area contributed by atoms with Gasteiger partial charge < -0.3 is 5.32 Å². The first-order valence-corrected chi connectivity index (χ1v) is 11.8. The molecule has 1 aromatic rings. The maximum absolute atomic E-state index is 12.1. The molecule has 1 saturated heterocycles. The van der Waals surface area contributed by atoms with Gasteiger partial charge in [-0.1, -0.05) is 17.7 Å². The number of benzene rings is 1. The van der Waals surface area contributed by atoms with Crippen LogP contribution in [0.3, 0.4) is 0 Å². The van der Waals surface area contributed by atoms with E-state index < -0.39 is 20.0 Å². The smallest absolute Gasteiger partial charge is 0.240 e. The minimum absolute atomic E-state index is 0.0292. The molecule has 0 bridgehead atoms. The van der Waals surface area contributed by atoms with Crippen LogP contribution < -0.4 is 10.0 Å². The average molecular weight is 424 g/mol. The topological polar surface area (TPSA) is 113 Å². The summed E-state index contributed by atoms with van der Waals surface area (Å²) in [4.78, 5) is 12.0. The number of hydrogen-bond donors (Lipinski definition) is 2. The number of nitrogens with zero attached hydrogens (tertiary/aromatic N) is 1. The standard InChI is InChI=1S/C15H22ClN3O5S2/c1-25(21,22)19-9-3-5-13(11-19)18-15(20)7-8-17-26(23,24)14-6-2-4-12(16)10-14/h2,4,6,10,13,17H,3,5,7-9,11H2,1H3,(H,18,20). The number of halogens is 1. The molecule has 1 atom stereocenters. The number of amides is 1. The fourth-order valence-corrected chi connectivity index (χ4v) is 4.92. The zero-order chi connectivity index (χ0) is 19.4. The molecule has 1 amide bonds. The Morgan fingerprint density at radius 2 is 2.04 bits per heavy atom. The van der Waals surface area contributed by atoms with Crippen molar-refractivity contribution in [1.82, 2.24) is 14.3 Å². The van der Waals surface area contributed by atoms with Gasteiger partial charge in [0.15, 0.2) is 0 Å². The van der Waals surface area contributed by atoms with Crippen LogP contribution in [-0.4, -0.2) is 59.0 Å². The van der Waals surface area contributed by atoms with Gasteiger partial charge in [0.25, 0.3) is 0 Å². The molecule has 1 heterocycles. The Balaban J connectivity index is 1.82. The number of sulfonamides is 2. The van der Waals surface area contributed by atoms with E-state index in [2.05, 4.69) is 10.0 Å². The van der Waals surface area contributed by atoms with Crippen LogP contribution >= 0.6 is 11.6 Å². The Hall–Kier alpha value is -1.20. The summed E-state index contributed by atoms with van der Waals surface area (Å²) in [6.45, 7) is 0.618. The first-order valence-electron chi connectivity index (χ1n) is 8.07. The van der Waals surface area contributed by atoms with E-state index in [4.69, 9.17) is 11.6 Å². The van der Waals surface area contributed by atoms with Crippen LogP contribution in [0.25, 0.3) is 0 Å². The summed E-state index contributed by atoms with van der Waals surface area (Å²) in [5, 5.41) is 3.06. The van der Waals surface area contributed by atoms with Gasteiger partial charge >= 0.3 is 0 Å². The second-order valence-electron chi connectivity index (χ2n) is 6.13. The lowest BCUT2D eigenvalue weighted by Gasteiger charge is -2.31. The number of carbonyl (C=O) groups excluding carboxylic acids is 1. The lowest BCUT2D eigenvalue weighted by Crippen LogP contribution is -2.49. The predicted molar refractivity (Wildman–Crippen MR) is 98.8 cm³/mol. The molecule has 8 nitrogen and oxygen atoms in total. The van der Waals surface area contributed by atoms with Crippen LogP contribution in [0.2, 0.25) is 5.02 Å². The van der Waals surface area contributed by atoms with Gasteiger partial charge in [-0.25, -0.2) is 25.9 Å². The third-order valence-corrected chi connectivity index (χ3v) is 6.93. The summed E-state index contributed by atoms with van der Waals surface area (Å²) in [5.74, 6) is -0.334. The van der Waals surface area contributed by atoms with E-state index in [1.165, 1.54) is 22.5 Å². The van der Waals surface area contributed by atoms with E-state index in [-0.39, 0.29) is 36.4 Å². The molecule has 2 rings (SSSR count). The second-order valence-corrected chi connectivity index (χ2v) is 10.3. The van der Waals surface area contributed by atoms with Crippen molar-refractivity contribution >= 4 is 37.6 Å². The van der Waals surface area contributed by atoms with Gasteiger partial charge in [-0.2, -0.15) is 0 Å². The van der Waals surface area contributed by atoms with Crippen molar-refractivity contribution < 1.29 is 21.6 Å². The van der Waals surface area contributed by atoms with Crippen LogP contribution in [-0.2, 0) is 24.8 Å². The maximum Gasteiger partial charge on any atom is 0.240 e. The molecule has 0 saturated carbocycles. The third-order valence-electron chi connectivity index (χ3n) is 3.97. The molecule has 0 spiro atoms. The molecule has 0 aromatic heterocycles. The van der Waals surface area contributed by atoms with Crippen LogP contribution in [0.1, 0.15) is 19.3 Å². The lowest BCUT2D eigenvalue weighted by atomic mass is 10.1. The quantitative estimate of drug-likeness (QED) is 0.664. The highest BCUT2D eigenvalue weighted by atomic mass is 35.5. The molecule has 1 aliphatic heterocycles. The molecule has 0 radical (unpaired) electrons. The Morgan fingerprint density at radius 3 is 2.69 bits per heavy atom. The molecule has 146 valence electrons. The molecule has 1 fully saturated rings. The summed E-state index contributed by atoms with van der Waals surface area (Å²) >= 11 is 5.78. The van der Waals surface area contributed by atoms with Crippen LogP contribution in [0, 0.1) is 0 Å². The number of carbonyl (C=O) groups is 1. The molecule has 0 aliphatic carbocycles. The van der Waals surface area contributed by atoms with Gasteiger partial charge in [-0.05, 0) is 31.0 Å². The molecule has 1 unspecified atom stereocenters. The summed E-state index contributed by atoms with van der Waals surface area (Å²) < 4.78 is 51.1. The van der Waals surface area contributed by atoms with Crippen molar-refractivity contribution in [2.45, 2.75) is 30.2 Å². The Labute approximate surface area is 159 Å². The van der Waals surface area contributed by atoms with Gasteiger partial charge in [0, 0.05) is 37.1 Å². The monoisotopic (exact) mass is 423 g/mol. The van der Waals surface area contributed by atoms with Crippen molar-refractivity contribution in [2.75, 3.05) is 25.9 Å². The maximum atomic E-state index is 12.1. The molecule has 26 heavy (non-hydrogen) atoms. The molecular formula is C15H22ClN3O5S2. The molecule has 1 aliphatic rings. The predicted octanol–water partition coefficient (Wildman–Crippen LogP) is 0.549. The van der Waals surface area contributed by atoms with E-state index >= 15 is 0 Å². The minimum atomic E-state index is -3.74. The summed E-state index contributed by atoms with van der Waals surface area (Å²) in [7, 11) is -7.03. The van der Waals surface area contributed by atoms with Crippen LogP contribution in [0.5, 0.6) is 0 Å². The van der Waals surface area contributed by atoms with Crippen molar-refractivity contribution in [3.05, 3.63) is 29.3 Å². The summed E-state index contributed by atoms with van der Waals surface area (Å²) in [6, 6.07) is 5.57. The lowest BCUT2D eigenvalue weighted by molar-refractivity contribution is -0.121. The normalized spacial score (nSPS) is 19.2. The Morgan fingerprint density at radius 1 is 1.31 bits per heavy atom. The number of piperidine rings is 1. The summed E-state index contributed by atoms with van der Waals surface area (Å²) in [5.41, 5.74) is 0.